The molecule has 6 heteroatoms. The van der Waals surface area contributed by atoms with Crippen molar-refractivity contribution in [2.24, 2.45) is 0 Å². The SMILES string of the molecule is CC=CC=CC(=O)NC1CCN(S(=O)(=O)CC)CC1. The molecule has 5 nitrogen and oxygen atoms in total. The molecule has 0 unspecified atom stereocenters. The molecule has 0 aliphatic carbocycles. The van der Waals surface area contributed by atoms with Crippen molar-refractivity contribution in [1.29, 1.82) is 0 Å². The standard InChI is InChI=1S/C13H22N2O3S/c1-3-5-6-7-13(16)14-12-8-10-15(11-9-12)19(17,18)4-2/h3,5-7,12H,4,8-11H2,1-2H3,(H,14,16). The van der Waals surface area contributed by atoms with Gasteiger partial charge in [0.25, 0.3) is 0 Å². The molecule has 0 saturated carbocycles. The Morgan fingerprint density at radius 2 is 1.95 bits per heavy atom. The molecule has 1 saturated heterocycles. The van der Waals surface area contributed by atoms with Gasteiger partial charge in [-0.3, -0.25) is 4.79 Å². The van der Waals surface area contributed by atoms with Gasteiger partial charge in [-0.2, -0.15) is 0 Å². The maximum atomic E-state index is 11.7. The fourth-order valence-corrected chi connectivity index (χ4v) is 3.10. The van der Waals surface area contributed by atoms with Crippen LogP contribution in [0.5, 0.6) is 0 Å². The van der Waals surface area contributed by atoms with Crippen LogP contribution in [0.2, 0.25) is 0 Å². The van der Waals surface area contributed by atoms with Crippen molar-refractivity contribution >= 4 is 15.9 Å². The molecule has 1 fully saturated rings. The van der Waals surface area contributed by atoms with Crippen LogP contribution in [0.15, 0.2) is 24.3 Å². The Morgan fingerprint density at radius 3 is 2.47 bits per heavy atom. The second-order valence-corrected chi connectivity index (χ2v) is 6.72. The molecule has 1 rings (SSSR count). The largest absolute Gasteiger partial charge is 0.350 e. The summed E-state index contributed by atoms with van der Waals surface area (Å²) >= 11 is 0. The van der Waals surface area contributed by atoms with E-state index in [1.54, 1.807) is 19.1 Å². The van der Waals surface area contributed by atoms with Crippen LogP contribution in [-0.2, 0) is 14.8 Å². The monoisotopic (exact) mass is 286 g/mol. The highest BCUT2D eigenvalue weighted by atomic mass is 32.2. The summed E-state index contributed by atoms with van der Waals surface area (Å²) in [4.78, 5) is 11.6. The lowest BCUT2D eigenvalue weighted by Crippen LogP contribution is -2.46. The summed E-state index contributed by atoms with van der Waals surface area (Å²) in [6.07, 6.45) is 8.14. The van der Waals surface area contributed by atoms with Crippen molar-refractivity contribution in [1.82, 2.24) is 9.62 Å². The Morgan fingerprint density at radius 1 is 1.32 bits per heavy atom. The number of piperidine rings is 1. The van der Waals surface area contributed by atoms with Crippen LogP contribution in [0.4, 0.5) is 0 Å². The second kappa shape index (κ2) is 7.45. The van der Waals surface area contributed by atoms with Crippen LogP contribution in [-0.4, -0.2) is 43.5 Å². The number of hydrogen-bond donors (Lipinski definition) is 1. The molecular formula is C13H22N2O3S. The van der Waals surface area contributed by atoms with E-state index in [0.717, 1.165) is 0 Å². The molecule has 19 heavy (non-hydrogen) atoms. The minimum Gasteiger partial charge on any atom is -0.350 e. The average molecular weight is 286 g/mol. The second-order valence-electron chi connectivity index (χ2n) is 4.47. The summed E-state index contributed by atoms with van der Waals surface area (Å²) in [6.45, 7) is 4.50. The zero-order valence-corrected chi connectivity index (χ0v) is 12.3. The minimum atomic E-state index is -3.09. The van der Waals surface area contributed by atoms with Crippen molar-refractivity contribution < 1.29 is 13.2 Å². The van der Waals surface area contributed by atoms with Crippen molar-refractivity contribution in [3.05, 3.63) is 24.3 Å². The van der Waals surface area contributed by atoms with Crippen molar-refractivity contribution in [2.45, 2.75) is 32.7 Å². The third-order valence-electron chi connectivity index (χ3n) is 3.11. The number of amides is 1. The van der Waals surface area contributed by atoms with E-state index in [4.69, 9.17) is 0 Å². The molecule has 1 aliphatic heterocycles. The zero-order chi connectivity index (χ0) is 14.3. The number of allylic oxidation sites excluding steroid dienone is 3. The lowest BCUT2D eigenvalue weighted by molar-refractivity contribution is -0.117. The Labute approximate surface area is 115 Å². The Hall–Kier alpha value is -1.14. The van der Waals surface area contributed by atoms with Gasteiger partial charge in [-0.25, -0.2) is 12.7 Å². The van der Waals surface area contributed by atoms with E-state index >= 15 is 0 Å². The Balaban J connectivity index is 2.41. The van der Waals surface area contributed by atoms with E-state index in [2.05, 4.69) is 5.32 Å². The van der Waals surface area contributed by atoms with Crippen LogP contribution >= 0.6 is 0 Å². The molecule has 0 aromatic rings. The molecule has 0 bridgehead atoms. The summed E-state index contributed by atoms with van der Waals surface area (Å²) in [6, 6.07) is 0.0612. The third-order valence-corrected chi connectivity index (χ3v) is 4.99. The van der Waals surface area contributed by atoms with Gasteiger partial charge >= 0.3 is 0 Å². The molecule has 1 N–H and O–H groups in total. The van der Waals surface area contributed by atoms with Gasteiger partial charge in [0.2, 0.25) is 15.9 Å². The predicted molar refractivity (Wildman–Crippen MR) is 76.2 cm³/mol. The highest BCUT2D eigenvalue weighted by Gasteiger charge is 2.26. The fourth-order valence-electron chi connectivity index (χ4n) is 1.96. The predicted octanol–water partition coefficient (Wildman–Crippen LogP) is 1.05. The van der Waals surface area contributed by atoms with Crippen LogP contribution < -0.4 is 5.32 Å². The molecule has 0 radical (unpaired) electrons. The lowest BCUT2D eigenvalue weighted by atomic mass is 10.1. The molecule has 0 atom stereocenters. The number of hydrogen-bond acceptors (Lipinski definition) is 3. The number of carbonyl (C=O) groups excluding carboxylic acids is 1. The quantitative estimate of drug-likeness (QED) is 0.607. The molecular weight excluding hydrogens is 264 g/mol. The molecule has 0 aromatic heterocycles. The smallest absolute Gasteiger partial charge is 0.244 e. The molecule has 1 amide bonds. The number of nitrogens with zero attached hydrogens (tertiary/aromatic N) is 1. The molecule has 1 heterocycles. The summed E-state index contributed by atoms with van der Waals surface area (Å²) in [7, 11) is -3.09. The van der Waals surface area contributed by atoms with E-state index in [9.17, 15) is 13.2 Å². The fraction of sp³-hybridized carbons (Fsp3) is 0.615. The van der Waals surface area contributed by atoms with Crippen molar-refractivity contribution in [2.75, 3.05) is 18.8 Å². The van der Waals surface area contributed by atoms with E-state index in [0.29, 0.717) is 25.9 Å². The summed E-state index contributed by atoms with van der Waals surface area (Å²) in [5, 5.41) is 2.89. The van der Waals surface area contributed by atoms with E-state index < -0.39 is 10.0 Å². The van der Waals surface area contributed by atoms with Crippen LogP contribution in [0.1, 0.15) is 26.7 Å². The minimum absolute atomic E-state index is 0.0612. The highest BCUT2D eigenvalue weighted by molar-refractivity contribution is 7.89. The third kappa shape index (κ3) is 5.16. The van der Waals surface area contributed by atoms with Gasteiger partial charge in [0.1, 0.15) is 0 Å². The molecule has 108 valence electrons. The highest BCUT2D eigenvalue weighted by Crippen LogP contribution is 2.14. The number of nitrogens with one attached hydrogen (secondary N) is 1. The average Bonchev–Trinajstić information content (AvgIpc) is 2.39. The first-order chi connectivity index (χ1) is 8.99. The first-order valence-electron chi connectivity index (χ1n) is 6.57. The van der Waals surface area contributed by atoms with Crippen molar-refractivity contribution in [3.63, 3.8) is 0 Å². The van der Waals surface area contributed by atoms with Gasteiger partial charge in [0.15, 0.2) is 0 Å². The van der Waals surface area contributed by atoms with Gasteiger partial charge < -0.3 is 5.32 Å². The topological polar surface area (TPSA) is 66.5 Å². The zero-order valence-electron chi connectivity index (χ0n) is 11.5. The first kappa shape index (κ1) is 15.9. The summed E-state index contributed by atoms with van der Waals surface area (Å²) < 4.78 is 24.9. The Kier molecular flexibility index (Phi) is 6.24. The number of rotatable bonds is 5. The normalized spacial score (nSPS) is 19.3. The molecule has 1 aliphatic rings. The van der Waals surface area contributed by atoms with E-state index in [-0.39, 0.29) is 17.7 Å². The van der Waals surface area contributed by atoms with Gasteiger partial charge in [-0.1, -0.05) is 18.2 Å². The van der Waals surface area contributed by atoms with Gasteiger partial charge in [-0.05, 0) is 26.7 Å². The first-order valence-corrected chi connectivity index (χ1v) is 8.18. The number of carbonyl (C=O) groups is 1. The molecule has 0 aromatic carbocycles. The van der Waals surface area contributed by atoms with E-state index in [1.165, 1.54) is 10.4 Å². The van der Waals surface area contributed by atoms with E-state index in [1.807, 2.05) is 13.0 Å². The molecule has 0 spiro atoms. The maximum Gasteiger partial charge on any atom is 0.244 e. The van der Waals surface area contributed by atoms with Crippen LogP contribution in [0.3, 0.4) is 0 Å². The lowest BCUT2D eigenvalue weighted by Gasteiger charge is -2.31. The van der Waals surface area contributed by atoms with Crippen LogP contribution in [0, 0.1) is 0 Å². The van der Waals surface area contributed by atoms with Crippen molar-refractivity contribution in [3.8, 4) is 0 Å². The van der Waals surface area contributed by atoms with Gasteiger partial charge in [0.05, 0.1) is 5.75 Å². The maximum absolute atomic E-state index is 11.7. The summed E-state index contributed by atoms with van der Waals surface area (Å²) in [5.41, 5.74) is 0. The van der Waals surface area contributed by atoms with Gasteiger partial charge in [-0.15, -0.1) is 0 Å². The summed E-state index contributed by atoms with van der Waals surface area (Å²) in [5.74, 6) is 0.00531. The number of sulfonamides is 1. The Bertz CT molecular complexity index is 447. The van der Waals surface area contributed by atoms with Gasteiger partial charge in [0, 0.05) is 25.2 Å². The van der Waals surface area contributed by atoms with Crippen LogP contribution in [0.25, 0.3) is 0 Å².